The topological polar surface area (TPSA) is 117 Å². The standard InChI is InChI=1S/C23H40N4O5/c1-3-5-10-18(19(28)20(29)24-13-6-4-2)25-21(30)23(11-8-7-9-12-23)26-22(31)27-14-16-32-17-15-27/h18H,3-17H2,1-2H3,(H,24,29)(H,25,30)(H,26,31)/t18-/m0/s1. The van der Waals surface area contributed by atoms with E-state index in [0.717, 1.165) is 38.5 Å². The Hall–Kier alpha value is -2.16. The Labute approximate surface area is 191 Å². The van der Waals surface area contributed by atoms with Crippen LogP contribution in [0.25, 0.3) is 0 Å². The van der Waals surface area contributed by atoms with Crippen molar-refractivity contribution in [1.29, 1.82) is 0 Å². The van der Waals surface area contributed by atoms with Gasteiger partial charge in [-0.15, -0.1) is 0 Å². The van der Waals surface area contributed by atoms with Crippen LogP contribution in [0.15, 0.2) is 0 Å². The van der Waals surface area contributed by atoms with Crippen molar-refractivity contribution < 1.29 is 23.9 Å². The number of unbranched alkanes of at least 4 members (excludes halogenated alkanes) is 2. The molecule has 1 aliphatic heterocycles. The van der Waals surface area contributed by atoms with E-state index in [1.54, 1.807) is 4.90 Å². The minimum Gasteiger partial charge on any atom is -0.378 e. The van der Waals surface area contributed by atoms with Crippen LogP contribution >= 0.6 is 0 Å². The molecule has 1 heterocycles. The number of amides is 4. The average Bonchev–Trinajstić information content (AvgIpc) is 2.82. The first-order valence-corrected chi connectivity index (χ1v) is 12.2. The third-order valence-corrected chi connectivity index (χ3v) is 6.29. The number of nitrogens with one attached hydrogen (secondary N) is 3. The first kappa shape index (κ1) is 26.1. The van der Waals surface area contributed by atoms with Gasteiger partial charge in [0.1, 0.15) is 5.54 Å². The molecule has 182 valence electrons. The maximum Gasteiger partial charge on any atom is 0.318 e. The number of hydrogen-bond acceptors (Lipinski definition) is 5. The number of hydrogen-bond donors (Lipinski definition) is 3. The van der Waals surface area contributed by atoms with Gasteiger partial charge in [0.15, 0.2) is 0 Å². The van der Waals surface area contributed by atoms with Crippen molar-refractivity contribution >= 4 is 23.6 Å². The van der Waals surface area contributed by atoms with E-state index in [-0.39, 0.29) is 11.9 Å². The van der Waals surface area contributed by atoms with Crippen molar-refractivity contribution in [2.24, 2.45) is 0 Å². The Morgan fingerprint density at radius 2 is 1.62 bits per heavy atom. The van der Waals surface area contributed by atoms with E-state index in [2.05, 4.69) is 16.0 Å². The van der Waals surface area contributed by atoms with Gasteiger partial charge >= 0.3 is 6.03 Å². The summed E-state index contributed by atoms with van der Waals surface area (Å²) in [6.45, 7) is 6.37. The molecule has 32 heavy (non-hydrogen) atoms. The summed E-state index contributed by atoms with van der Waals surface area (Å²) >= 11 is 0. The highest BCUT2D eigenvalue weighted by Gasteiger charge is 2.43. The van der Waals surface area contributed by atoms with Crippen molar-refractivity contribution in [2.75, 3.05) is 32.8 Å². The Kier molecular flexibility index (Phi) is 10.9. The Balaban J connectivity index is 2.10. The molecule has 0 bridgehead atoms. The largest absolute Gasteiger partial charge is 0.378 e. The fraction of sp³-hybridized carbons (Fsp3) is 0.826. The van der Waals surface area contributed by atoms with Gasteiger partial charge in [0.05, 0.1) is 19.3 Å². The second-order valence-electron chi connectivity index (χ2n) is 8.81. The lowest BCUT2D eigenvalue weighted by Crippen LogP contribution is -2.64. The van der Waals surface area contributed by atoms with Crippen LogP contribution in [0.3, 0.4) is 0 Å². The van der Waals surface area contributed by atoms with E-state index < -0.39 is 23.3 Å². The molecule has 1 saturated heterocycles. The van der Waals surface area contributed by atoms with Gasteiger partial charge in [0, 0.05) is 19.6 Å². The number of urea groups is 1. The lowest BCUT2D eigenvalue weighted by molar-refractivity contribution is -0.141. The van der Waals surface area contributed by atoms with Gasteiger partial charge in [-0.05, 0) is 25.7 Å². The molecule has 0 radical (unpaired) electrons. The van der Waals surface area contributed by atoms with Crippen LogP contribution < -0.4 is 16.0 Å². The van der Waals surface area contributed by atoms with Gasteiger partial charge in [-0.1, -0.05) is 52.4 Å². The highest BCUT2D eigenvalue weighted by atomic mass is 16.5. The summed E-state index contributed by atoms with van der Waals surface area (Å²) in [4.78, 5) is 53.1. The number of morpholine rings is 1. The zero-order valence-corrected chi connectivity index (χ0v) is 19.7. The predicted octanol–water partition coefficient (Wildman–Crippen LogP) is 1.89. The van der Waals surface area contributed by atoms with E-state index in [1.165, 1.54) is 0 Å². The summed E-state index contributed by atoms with van der Waals surface area (Å²) in [5.41, 5.74) is -1.06. The van der Waals surface area contributed by atoms with E-state index in [1.807, 2.05) is 13.8 Å². The molecule has 0 aromatic carbocycles. The number of ether oxygens (including phenoxy) is 1. The van der Waals surface area contributed by atoms with E-state index in [4.69, 9.17) is 4.74 Å². The molecule has 0 aromatic heterocycles. The molecule has 0 spiro atoms. The van der Waals surface area contributed by atoms with Gasteiger partial charge in [0.25, 0.3) is 5.91 Å². The van der Waals surface area contributed by atoms with Gasteiger partial charge in [-0.25, -0.2) is 4.79 Å². The number of nitrogens with zero attached hydrogens (tertiary/aromatic N) is 1. The van der Waals surface area contributed by atoms with Crippen LogP contribution in [-0.2, 0) is 19.1 Å². The summed E-state index contributed by atoms with van der Waals surface area (Å²) in [7, 11) is 0. The lowest BCUT2D eigenvalue weighted by Gasteiger charge is -2.39. The van der Waals surface area contributed by atoms with Crippen LogP contribution in [0, 0.1) is 0 Å². The normalized spacial score (nSPS) is 19.0. The summed E-state index contributed by atoms with van der Waals surface area (Å²) in [5.74, 6) is -1.64. The maximum absolute atomic E-state index is 13.4. The number of carbonyl (C=O) groups excluding carboxylic acids is 4. The van der Waals surface area contributed by atoms with Crippen molar-refractivity contribution in [1.82, 2.24) is 20.9 Å². The minimum atomic E-state index is -1.06. The molecular weight excluding hydrogens is 412 g/mol. The van der Waals surface area contributed by atoms with Crippen LogP contribution in [0.5, 0.6) is 0 Å². The molecule has 2 fully saturated rings. The highest BCUT2D eigenvalue weighted by molar-refractivity contribution is 6.38. The van der Waals surface area contributed by atoms with Crippen molar-refractivity contribution in [3.05, 3.63) is 0 Å². The molecule has 1 aliphatic carbocycles. The molecule has 2 aliphatic rings. The van der Waals surface area contributed by atoms with Crippen LogP contribution in [0.4, 0.5) is 4.79 Å². The zero-order chi connectivity index (χ0) is 23.4. The average molecular weight is 453 g/mol. The molecule has 0 aromatic rings. The number of ketones is 1. The molecule has 3 N–H and O–H groups in total. The van der Waals surface area contributed by atoms with Gasteiger partial charge in [0.2, 0.25) is 11.7 Å². The molecule has 9 nitrogen and oxygen atoms in total. The fourth-order valence-corrected chi connectivity index (χ4v) is 4.21. The molecule has 1 atom stereocenters. The van der Waals surface area contributed by atoms with Crippen LogP contribution in [-0.4, -0.2) is 73.0 Å². The van der Waals surface area contributed by atoms with Crippen molar-refractivity contribution in [2.45, 2.75) is 89.6 Å². The second-order valence-corrected chi connectivity index (χ2v) is 8.81. The van der Waals surface area contributed by atoms with Gasteiger partial charge in [-0.3, -0.25) is 14.4 Å². The molecule has 1 saturated carbocycles. The summed E-state index contributed by atoms with van der Waals surface area (Å²) in [6.07, 6.45) is 7.35. The molecular formula is C23H40N4O5. The summed E-state index contributed by atoms with van der Waals surface area (Å²) in [6, 6.07) is -1.16. The third-order valence-electron chi connectivity index (χ3n) is 6.29. The van der Waals surface area contributed by atoms with Crippen molar-refractivity contribution in [3.63, 3.8) is 0 Å². The van der Waals surface area contributed by atoms with Gasteiger partial charge < -0.3 is 25.6 Å². The second kappa shape index (κ2) is 13.4. The highest BCUT2D eigenvalue weighted by Crippen LogP contribution is 2.29. The van der Waals surface area contributed by atoms with Crippen LogP contribution in [0.2, 0.25) is 0 Å². The maximum atomic E-state index is 13.4. The smallest absolute Gasteiger partial charge is 0.318 e. The number of carbonyl (C=O) groups is 4. The van der Waals surface area contributed by atoms with Crippen LogP contribution in [0.1, 0.15) is 78.1 Å². The molecule has 4 amide bonds. The Morgan fingerprint density at radius 1 is 0.969 bits per heavy atom. The monoisotopic (exact) mass is 452 g/mol. The molecule has 2 rings (SSSR count). The quantitative estimate of drug-likeness (QED) is 0.327. The van der Waals surface area contributed by atoms with E-state index in [0.29, 0.717) is 58.5 Å². The summed E-state index contributed by atoms with van der Waals surface area (Å²) < 4.78 is 5.31. The molecule has 0 unspecified atom stereocenters. The fourth-order valence-electron chi connectivity index (χ4n) is 4.21. The SMILES string of the molecule is CCCCNC(=O)C(=O)[C@H](CCCC)NC(=O)C1(NC(=O)N2CCOCC2)CCCCC1. The first-order chi connectivity index (χ1) is 15.4. The number of rotatable bonds is 11. The Bertz CT molecular complexity index is 642. The van der Waals surface area contributed by atoms with E-state index >= 15 is 0 Å². The third kappa shape index (κ3) is 7.46. The number of Topliss-reactive ketones (excluding diaryl/α,β-unsaturated/α-hetero) is 1. The Morgan fingerprint density at radius 3 is 2.25 bits per heavy atom. The summed E-state index contributed by atoms with van der Waals surface area (Å²) in [5, 5.41) is 8.47. The lowest BCUT2D eigenvalue weighted by atomic mass is 9.80. The van der Waals surface area contributed by atoms with Gasteiger partial charge in [-0.2, -0.15) is 0 Å². The molecule has 9 heteroatoms. The first-order valence-electron chi connectivity index (χ1n) is 12.2. The zero-order valence-electron chi connectivity index (χ0n) is 19.7. The van der Waals surface area contributed by atoms with Crippen molar-refractivity contribution in [3.8, 4) is 0 Å². The minimum absolute atomic E-state index is 0.279. The van der Waals surface area contributed by atoms with E-state index in [9.17, 15) is 19.2 Å². The predicted molar refractivity (Wildman–Crippen MR) is 121 cm³/mol.